The van der Waals surface area contributed by atoms with E-state index in [9.17, 15) is 8.78 Å². The molecule has 0 N–H and O–H groups in total. The van der Waals surface area contributed by atoms with Gasteiger partial charge in [-0.2, -0.15) is 0 Å². The second-order valence-corrected chi connectivity index (χ2v) is 5.01. The highest BCUT2D eigenvalue weighted by molar-refractivity contribution is 5.35. The van der Waals surface area contributed by atoms with Crippen molar-refractivity contribution in [3.8, 4) is 0 Å². The number of fused-ring (bicyclic) bond motifs is 1. The van der Waals surface area contributed by atoms with Crippen LogP contribution in [0.3, 0.4) is 0 Å². The van der Waals surface area contributed by atoms with Crippen LogP contribution >= 0.6 is 0 Å². The van der Waals surface area contributed by atoms with Gasteiger partial charge >= 0.3 is 0 Å². The maximum Gasteiger partial charge on any atom is 0.159 e. The minimum atomic E-state index is -0.719. The third-order valence-electron chi connectivity index (χ3n) is 3.37. The summed E-state index contributed by atoms with van der Waals surface area (Å²) in [7, 11) is 0. The second kappa shape index (κ2) is 5.61. The maximum absolute atomic E-state index is 13.2. The van der Waals surface area contributed by atoms with Gasteiger partial charge in [-0.05, 0) is 47.9 Å². The lowest BCUT2D eigenvalue weighted by Crippen LogP contribution is -2.18. The van der Waals surface area contributed by atoms with Crippen LogP contribution in [0.1, 0.15) is 58.1 Å². The van der Waals surface area contributed by atoms with E-state index in [1.165, 1.54) is 12.1 Å². The van der Waals surface area contributed by atoms with Gasteiger partial charge in [0.2, 0.25) is 0 Å². The summed E-state index contributed by atoms with van der Waals surface area (Å²) in [6.45, 7) is 8.21. The fraction of sp³-hybridized carbons (Fsp3) is 0.600. The van der Waals surface area contributed by atoms with E-state index in [0.29, 0.717) is 0 Å². The largest absolute Gasteiger partial charge is 0.204 e. The highest BCUT2D eigenvalue weighted by atomic mass is 19.2. The van der Waals surface area contributed by atoms with Crippen molar-refractivity contribution in [1.82, 2.24) is 0 Å². The minimum absolute atomic E-state index is 0.0274. The van der Waals surface area contributed by atoms with E-state index in [-0.39, 0.29) is 5.41 Å². The molecule has 0 spiro atoms. The Kier molecular flexibility index (Phi) is 4.67. The predicted octanol–water partition coefficient (Wildman–Crippen LogP) is 5.00. The molecule has 0 amide bonds. The average Bonchev–Trinajstić information content (AvgIpc) is 2.43. The van der Waals surface area contributed by atoms with Gasteiger partial charge in [0, 0.05) is 0 Å². The summed E-state index contributed by atoms with van der Waals surface area (Å²) in [6.07, 6.45) is 4.12. The predicted molar refractivity (Wildman–Crippen MR) is 68.3 cm³/mol. The molecule has 0 bridgehead atoms. The molecule has 0 radical (unpaired) electrons. The first-order chi connectivity index (χ1) is 8.00. The van der Waals surface area contributed by atoms with Crippen molar-refractivity contribution in [2.24, 2.45) is 0 Å². The molecule has 0 saturated heterocycles. The van der Waals surface area contributed by atoms with Crippen molar-refractivity contribution < 1.29 is 8.78 Å². The Hall–Kier alpha value is -0.920. The van der Waals surface area contributed by atoms with Crippen LogP contribution in [0.2, 0.25) is 0 Å². The van der Waals surface area contributed by atoms with Crippen LogP contribution in [-0.2, 0) is 11.8 Å². The normalized spacial score (nSPS) is 17.5. The second-order valence-electron chi connectivity index (χ2n) is 5.01. The molecule has 1 aliphatic rings. The molecule has 0 unspecified atom stereocenters. The molecular formula is C15H22F2. The molecule has 96 valence electrons. The van der Waals surface area contributed by atoms with Crippen LogP contribution in [0.5, 0.6) is 0 Å². The van der Waals surface area contributed by atoms with Gasteiger partial charge in [0.1, 0.15) is 0 Å². The molecule has 1 aromatic rings. The van der Waals surface area contributed by atoms with E-state index in [0.717, 1.165) is 36.8 Å². The molecule has 0 nitrogen and oxygen atoms in total. The van der Waals surface area contributed by atoms with Gasteiger partial charge in [-0.15, -0.1) is 0 Å². The van der Waals surface area contributed by atoms with Crippen LogP contribution in [0.15, 0.2) is 12.1 Å². The van der Waals surface area contributed by atoms with Gasteiger partial charge in [0.05, 0.1) is 0 Å². The molecule has 0 saturated carbocycles. The first-order valence-electron chi connectivity index (χ1n) is 6.49. The van der Waals surface area contributed by atoms with Gasteiger partial charge in [0.25, 0.3) is 0 Å². The molecule has 0 atom stereocenters. The zero-order valence-electron chi connectivity index (χ0n) is 11.2. The van der Waals surface area contributed by atoms with E-state index in [2.05, 4.69) is 13.8 Å². The monoisotopic (exact) mass is 240 g/mol. The number of halogens is 2. The average molecular weight is 240 g/mol. The van der Waals surface area contributed by atoms with Crippen molar-refractivity contribution in [1.29, 1.82) is 0 Å². The molecule has 0 aromatic heterocycles. The molecule has 17 heavy (non-hydrogen) atoms. The lowest BCUT2D eigenvalue weighted by Gasteiger charge is -2.25. The molecule has 2 heteroatoms. The van der Waals surface area contributed by atoms with E-state index < -0.39 is 11.6 Å². The van der Waals surface area contributed by atoms with Gasteiger partial charge in [0.15, 0.2) is 11.6 Å². The van der Waals surface area contributed by atoms with Crippen molar-refractivity contribution in [3.63, 3.8) is 0 Å². The lowest BCUT2D eigenvalue weighted by atomic mass is 9.80. The third kappa shape index (κ3) is 3.05. The summed E-state index contributed by atoms with van der Waals surface area (Å²) in [5.74, 6) is -1.44. The Labute approximate surface area is 103 Å². The Morgan fingerprint density at radius 3 is 2.24 bits per heavy atom. The SMILES string of the molecule is CC.CC1(C)CCCCc2cc(F)c(F)cc21. The first-order valence-corrected chi connectivity index (χ1v) is 6.49. The first kappa shape index (κ1) is 14.1. The highest BCUT2D eigenvalue weighted by Crippen LogP contribution is 2.36. The maximum atomic E-state index is 13.2. The fourth-order valence-corrected chi connectivity index (χ4v) is 2.44. The van der Waals surface area contributed by atoms with Crippen LogP contribution in [0, 0.1) is 11.6 Å². The van der Waals surface area contributed by atoms with Gasteiger partial charge in [-0.3, -0.25) is 0 Å². The van der Waals surface area contributed by atoms with E-state index in [4.69, 9.17) is 0 Å². The van der Waals surface area contributed by atoms with E-state index >= 15 is 0 Å². The highest BCUT2D eigenvalue weighted by Gasteiger charge is 2.27. The Morgan fingerprint density at radius 1 is 1.00 bits per heavy atom. The summed E-state index contributed by atoms with van der Waals surface area (Å²) >= 11 is 0. The number of hydrogen-bond acceptors (Lipinski definition) is 0. The number of aryl methyl sites for hydroxylation is 1. The molecule has 0 heterocycles. The lowest BCUT2D eigenvalue weighted by molar-refractivity contribution is 0.458. The summed E-state index contributed by atoms with van der Waals surface area (Å²) in [5.41, 5.74) is 1.94. The zero-order chi connectivity index (χ0) is 13.1. The quantitative estimate of drug-likeness (QED) is 0.560. The molecule has 0 fully saturated rings. The van der Waals surface area contributed by atoms with Crippen molar-refractivity contribution >= 4 is 0 Å². The van der Waals surface area contributed by atoms with Gasteiger partial charge < -0.3 is 0 Å². The van der Waals surface area contributed by atoms with Crippen molar-refractivity contribution in [2.75, 3.05) is 0 Å². The smallest absolute Gasteiger partial charge is 0.159 e. The third-order valence-corrected chi connectivity index (χ3v) is 3.37. The van der Waals surface area contributed by atoms with Crippen LogP contribution in [0.4, 0.5) is 8.78 Å². The Morgan fingerprint density at radius 2 is 1.59 bits per heavy atom. The molecule has 1 aromatic carbocycles. The summed E-state index contributed by atoms with van der Waals surface area (Å²) in [4.78, 5) is 0. The van der Waals surface area contributed by atoms with Gasteiger partial charge in [-0.1, -0.05) is 34.1 Å². The Balaban J connectivity index is 0.000000686. The summed E-state index contributed by atoms with van der Waals surface area (Å²) in [6, 6.07) is 2.76. The Bertz CT molecular complexity index is 381. The van der Waals surface area contributed by atoms with E-state index in [1.807, 2.05) is 13.8 Å². The number of hydrogen-bond donors (Lipinski definition) is 0. The minimum Gasteiger partial charge on any atom is -0.204 e. The van der Waals surface area contributed by atoms with Crippen LogP contribution in [-0.4, -0.2) is 0 Å². The summed E-state index contributed by atoms with van der Waals surface area (Å²) < 4.78 is 26.3. The van der Waals surface area contributed by atoms with E-state index in [1.54, 1.807) is 0 Å². The number of rotatable bonds is 0. The van der Waals surface area contributed by atoms with Crippen LogP contribution in [0.25, 0.3) is 0 Å². The van der Waals surface area contributed by atoms with Gasteiger partial charge in [-0.25, -0.2) is 8.78 Å². The zero-order valence-corrected chi connectivity index (χ0v) is 11.2. The fourth-order valence-electron chi connectivity index (χ4n) is 2.44. The van der Waals surface area contributed by atoms with Crippen LogP contribution < -0.4 is 0 Å². The molecular weight excluding hydrogens is 218 g/mol. The van der Waals surface area contributed by atoms with Crippen molar-refractivity contribution in [3.05, 3.63) is 34.9 Å². The molecule has 0 aliphatic heterocycles. The standard InChI is InChI=1S/C13H16F2.C2H6/c1-13(2)6-4-3-5-9-7-11(14)12(15)8-10(9)13;1-2/h7-8H,3-6H2,1-2H3;1-2H3. The summed E-state index contributed by atoms with van der Waals surface area (Å²) in [5, 5.41) is 0. The van der Waals surface area contributed by atoms with Crippen molar-refractivity contribution in [2.45, 2.75) is 58.8 Å². The topological polar surface area (TPSA) is 0 Å². The number of benzene rings is 1. The molecule has 1 aliphatic carbocycles. The molecule has 2 rings (SSSR count).